The normalized spacial score (nSPS) is 15.2. The van der Waals surface area contributed by atoms with E-state index >= 15 is 0 Å². The number of hydrogen-bond donors (Lipinski definition) is 0. The highest BCUT2D eigenvalue weighted by Crippen LogP contribution is 2.33. The Morgan fingerprint density at radius 3 is 2.65 bits per heavy atom. The lowest BCUT2D eigenvalue weighted by Gasteiger charge is -2.08. The molecule has 106 valence electrons. The van der Waals surface area contributed by atoms with E-state index in [0.717, 1.165) is 43.2 Å². The van der Waals surface area contributed by atoms with Gasteiger partial charge in [0, 0.05) is 18.2 Å². The number of rotatable bonds is 1. The summed E-state index contributed by atoms with van der Waals surface area (Å²) in [5.41, 5.74) is 0.934. The highest BCUT2D eigenvalue weighted by Gasteiger charge is 2.33. The summed E-state index contributed by atoms with van der Waals surface area (Å²) in [4.78, 5) is 7.77. The summed E-state index contributed by atoms with van der Waals surface area (Å²) in [6.07, 6.45) is 0.455. The van der Waals surface area contributed by atoms with Gasteiger partial charge in [0.05, 0.1) is 5.69 Å². The summed E-state index contributed by atoms with van der Waals surface area (Å²) in [5.74, 6) is 1.07. The highest BCUT2D eigenvalue weighted by atomic mass is 19.4. The summed E-state index contributed by atoms with van der Waals surface area (Å²) >= 11 is 0. The van der Waals surface area contributed by atoms with Crippen molar-refractivity contribution in [3.05, 3.63) is 35.0 Å². The van der Waals surface area contributed by atoms with Crippen molar-refractivity contribution in [2.75, 3.05) is 0 Å². The third-order valence-corrected chi connectivity index (χ3v) is 3.47. The molecule has 0 fully saturated rings. The molecule has 0 amide bonds. The molecule has 2 aromatic rings. The number of aromatic nitrogens is 2. The number of hydrogen-bond acceptors (Lipinski definition) is 3. The Morgan fingerprint density at radius 2 is 1.95 bits per heavy atom. The van der Waals surface area contributed by atoms with Crippen LogP contribution in [0.4, 0.5) is 13.2 Å². The molecule has 0 N–H and O–H groups in total. The Kier molecular flexibility index (Phi) is 3.03. The van der Waals surface area contributed by atoms with Crippen molar-refractivity contribution >= 4 is 0 Å². The smallest absolute Gasteiger partial charge is 0.433 e. The lowest BCUT2D eigenvalue weighted by molar-refractivity contribution is -0.141. The van der Waals surface area contributed by atoms with E-state index in [9.17, 15) is 13.2 Å². The molecule has 6 heteroatoms. The second-order valence-electron chi connectivity index (χ2n) is 4.98. The van der Waals surface area contributed by atoms with Gasteiger partial charge in [-0.1, -0.05) is 0 Å². The molecule has 0 spiro atoms. The van der Waals surface area contributed by atoms with E-state index < -0.39 is 11.9 Å². The van der Waals surface area contributed by atoms with Gasteiger partial charge < -0.3 is 4.42 Å². The van der Waals surface area contributed by atoms with Gasteiger partial charge in [-0.05, 0) is 37.8 Å². The average Bonchev–Trinajstić information content (AvgIpc) is 2.81. The van der Waals surface area contributed by atoms with Crippen LogP contribution in [0, 0.1) is 6.92 Å². The van der Waals surface area contributed by atoms with Gasteiger partial charge in [0.2, 0.25) is 5.89 Å². The number of pyridine rings is 1. The van der Waals surface area contributed by atoms with Gasteiger partial charge in [0.15, 0.2) is 0 Å². The standard InChI is InChI=1S/C14H13F3N2O/c1-8-7-18-12(14(15,16)17)6-9(8)13-19-10-4-2-3-5-11(10)20-13/h6-7H,2-5H2,1H3. The fourth-order valence-corrected chi connectivity index (χ4v) is 2.38. The molecule has 2 heterocycles. The Labute approximate surface area is 113 Å². The monoisotopic (exact) mass is 282 g/mol. The quantitative estimate of drug-likeness (QED) is 0.795. The molecule has 3 rings (SSSR count). The van der Waals surface area contributed by atoms with E-state index in [4.69, 9.17) is 4.42 Å². The maximum Gasteiger partial charge on any atom is 0.433 e. The SMILES string of the molecule is Cc1cnc(C(F)(F)F)cc1-c1nc2c(o1)CCCC2. The van der Waals surface area contributed by atoms with Crippen molar-refractivity contribution in [2.24, 2.45) is 0 Å². The van der Waals surface area contributed by atoms with E-state index in [1.165, 1.54) is 6.20 Å². The number of halogens is 3. The molecule has 0 aromatic carbocycles. The van der Waals surface area contributed by atoms with Crippen LogP contribution in [0.25, 0.3) is 11.5 Å². The molecule has 1 aliphatic carbocycles. The fraction of sp³-hybridized carbons (Fsp3) is 0.429. The van der Waals surface area contributed by atoms with E-state index in [-0.39, 0.29) is 5.89 Å². The predicted molar refractivity (Wildman–Crippen MR) is 66.1 cm³/mol. The molecule has 0 atom stereocenters. The molecule has 20 heavy (non-hydrogen) atoms. The van der Waals surface area contributed by atoms with Crippen molar-refractivity contribution in [1.82, 2.24) is 9.97 Å². The minimum absolute atomic E-state index is 0.266. The Bertz CT molecular complexity index is 623. The minimum atomic E-state index is -4.46. The van der Waals surface area contributed by atoms with Crippen LogP contribution in [0.5, 0.6) is 0 Å². The van der Waals surface area contributed by atoms with Gasteiger partial charge in [-0.25, -0.2) is 4.98 Å². The minimum Gasteiger partial charge on any atom is -0.441 e. The first-order valence-electron chi connectivity index (χ1n) is 6.48. The van der Waals surface area contributed by atoms with Gasteiger partial charge in [0.1, 0.15) is 11.5 Å². The second-order valence-corrected chi connectivity index (χ2v) is 4.98. The largest absolute Gasteiger partial charge is 0.441 e. The number of aryl methyl sites for hydroxylation is 3. The summed E-state index contributed by atoms with van der Waals surface area (Å²) in [6.45, 7) is 1.70. The molecule has 0 saturated carbocycles. The maximum atomic E-state index is 12.7. The van der Waals surface area contributed by atoms with E-state index in [0.29, 0.717) is 11.1 Å². The number of oxazole rings is 1. The fourth-order valence-electron chi connectivity index (χ4n) is 2.38. The number of fused-ring (bicyclic) bond motifs is 1. The summed E-state index contributed by atoms with van der Waals surface area (Å²) < 4.78 is 43.8. The second kappa shape index (κ2) is 4.61. The third-order valence-electron chi connectivity index (χ3n) is 3.47. The third kappa shape index (κ3) is 2.30. The summed E-state index contributed by atoms with van der Waals surface area (Å²) in [7, 11) is 0. The van der Waals surface area contributed by atoms with Gasteiger partial charge in [0.25, 0.3) is 0 Å². The van der Waals surface area contributed by atoms with E-state index in [1.54, 1.807) is 6.92 Å². The molecular formula is C14H13F3N2O. The van der Waals surface area contributed by atoms with Gasteiger partial charge >= 0.3 is 6.18 Å². The first-order chi connectivity index (χ1) is 9.45. The van der Waals surface area contributed by atoms with Crippen LogP contribution in [0.3, 0.4) is 0 Å². The average molecular weight is 282 g/mol. The summed E-state index contributed by atoms with van der Waals surface area (Å²) in [6, 6.07) is 1.01. The van der Waals surface area contributed by atoms with E-state index in [1.807, 2.05) is 0 Å². The zero-order chi connectivity index (χ0) is 14.3. The van der Waals surface area contributed by atoms with Crippen molar-refractivity contribution in [3.8, 4) is 11.5 Å². The zero-order valence-electron chi connectivity index (χ0n) is 10.9. The van der Waals surface area contributed by atoms with Gasteiger partial charge in [-0.2, -0.15) is 13.2 Å². The topological polar surface area (TPSA) is 38.9 Å². The molecule has 2 aromatic heterocycles. The molecule has 0 aliphatic heterocycles. The first-order valence-corrected chi connectivity index (χ1v) is 6.48. The van der Waals surface area contributed by atoms with E-state index in [2.05, 4.69) is 9.97 Å². The van der Waals surface area contributed by atoms with Crippen LogP contribution in [0.1, 0.15) is 35.6 Å². The lowest BCUT2D eigenvalue weighted by atomic mass is 10.0. The highest BCUT2D eigenvalue weighted by molar-refractivity contribution is 5.59. The van der Waals surface area contributed by atoms with Crippen LogP contribution in [0.2, 0.25) is 0 Å². The molecule has 1 aliphatic rings. The number of nitrogens with zero attached hydrogens (tertiary/aromatic N) is 2. The Morgan fingerprint density at radius 1 is 1.20 bits per heavy atom. The van der Waals surface area contributed by atoms with Gasteiger partial charge in [-0.3, -0.25) is 4.98 Å². The van der Waals surface area contributed by atoms with Crippen LogP contribution in [-0.4, -0.2) is 9.97 Å². The predicted octanol–water partition coefficient (Wildman–Crippen LogP) is 3.94. The Hall–Kier alpha value is -1.85. The van der Waals surface area contributed by atoms with Crippen LogP contribution in [-0.2, 0) is 19.0 Å². The van der Waals surface area contributed by atoms with Crippen molar-refractivity contribution in [1.29, 1.82) is 0 Å². The maximum absolute atomic E-state index is 12.7. The van der Waals surface area contributed by atoms with Gasteiger partial charge in [-0.15, -0.1) is 0 Å². The molecule has 0 radical (unpaired) electrons. The van der Waals surface area contributed by atoms with Crippen LogP contribution in [0.15, 0.2) is 16.7 Å². The first kappa shape index (κ1) is 13.1. The summed E-state index contributed by atoms with van der Waals surface area (Å²) in [5, 5.41) is 0. The molecule has 3 nitrogen and oxygen atoms in total. The lowest BCUT2D eigenvalue weighted by Crippen LogP contribution is -2.08. The molecule has 0 unspecified atom stereocenters. The van der Waals surface area contributed by atoms with Crippen molar-refractivity contribution in [3.63, 3.8) is 0 Å². The zero-order valence-corrected chi connectivity index (χ0v) is 10.9. The molecule has 0 saturated heterocycles. The van der Waals surface area contributed by atoms with Crippen molar-refractivity contribution < 1.29 is 17.6 Å². The number of alkyl halides is 3. The van der Waals surface area contributed by atoms with Crippen LogP contribution >= 0.6 is 0 Å². The molecule has 0 bridgehead atoms. The van der Waals surface area contributed by atoms with Crippen molar-refractivity contribution in [2.45, 2.75) is 38.8 Å². The Balaban J connectivity index is 2.07. The van der Waals surface area contributed by atoms with Crippen LogP contribution < -0.4 is 0 Å². The molecular weight excluding hydrogens is 269 g/mol.